The molecule has 0 saturated carbocycles. The van der Waals surface area contributed by atoms with Gasteiger partial charge in [0.15, 0.2) is 5.96 Å². The lowest BCUT2D eigenvalue weighted by Gasteiger charge is -2.33. The molecular weight excluding hydrogens is 370 g/mol. The van der Waals surface area contributed by atoms with Crippen molar-refractivity contribution in [2.24, 2.45) is 4.99 Å². The number of piperidine rings is 1. The van der Waals surface area contributed by atoms with Crippen molar-refractivity contribution in [3.8, 4) is 0 Å². The number of rotatable bonds is 6. The molecule has 0 radical (unpaired) electrons. The molecule has 1 aromatic heterocycles. The summed E-state index contributed by atoms with van der Waals surface area (Å²) in [5, 5.41) is 8.24. The van der Waals surface area contributed by atoms with Crippen LogP contribution in [-0.2, 0) is 13.1 Å². The molecule has 2 aromatic carbocycles. The highest BCUT2D eigenvalue weighted by atomic mass is 15.2. The zero-order chi connectivity index (χ0) is 20.6. The molecule has 1 fully saturated rings. The molecule has 30 heavy (non-hydrogen) atoms. The Hall–Kier alpha value is -2.92. The van der Waals surface area contributed by atoms with Gasteiger partial charge in [-0.2, -0.15) is 0 Å². The van der Waals surface area contributed by atoms with Crippen LogP contribution in [-0.4, -0.2) is 41.5 Å². The van der Waals surface area contributed by atoms with Crippen LogP contribution in [0.3, 0.4) is 0 Å². The summed E-state index contributed by atoms with van der Waals surface area (Å²) in [5.74, 6) is 0.903. The van der Waals surface area contributed by atoms with Crippen molar-refractivity contribution < 1.29 is 0 Å². The van der Waals surface area contributed by atoms with Crippen molar-refractivity contribution in [2.45, 2.75) is 38.9 Å². The summed E-state index contributed by atoms with van der Waals surface area (Å²) < 4.78 is 0. The molecule has 5 nitrogen and oxygen atoms in total. The van der Waals surface area contributed by atoms with Gasteiger partial charge in [-0.15, -0.1) is 0 Å². The number of benzene rings is 2. The van der Waals surface area contributed by atoms with E-state index in [1.54, 1.807) is 0 Å². The summed E-state index contributed by atoms with van der Waals surface area (Å²) in [7, 11) is 0. The van der Waals surface area contributed by atoms with Gasteiger partial charge in [-0.1, -0.05) is 48.5 Å². The molecule has 3 aromatic rings. The number of hydrogen-bond donors (Lipinski definition) is 2. The monoisotopic (exact) mass is 401 g/mol. The maximum atomic E-state index is 4.87. The van der Waals surface area contributed by atoms with Gasteiger partial charge in [0.2, 0.25) is 0 Å². The van der Waals surface area contributed by atoms with Crippen molar-refractivity contribution in [3.05, 3.63) is 78.0 Å². The van der Waals surface area contributed by atoms with Crippen LogP contribution in [0.1, 0.15) is 30.9 Å². The van der Waals surface area contributed by atoms with E-state index >= 15 is 0 Å². The molecule has 0 bridgehead atoms. The van der Waals surface area contributed by atoms with Crippen LogP contribution in [0.15, 0.2) is 71.9 Å². The number of hydrogen-bond acceptors (Lipinski definition) is 3. The first-order valence-corrected chi connectivity index (χ1v) is 11.0. The van der Waals surface area contributed by atoms with Crippen LogP contribution >= 0.6 is 0 Å². The van der Waals surface area contributed by atoms with Gasteiger partial charge in [-0.3, -0.25) is 9.88 Å². The fourth-order valence-electron chi connectivity index (χ4n) is 4.05. The van der Waals surface area contributed by atoms with E-state index in [1.807, 2.05) is 12.3 Å². The Kier molecular flexibility index (Phi) is 6.93. The highest BCUT2D eigenvalue weighted by molar-refractivity contribution is 5.83. The number of nitrogens with zero attached hydrogens (tertiary/aromatic N) is 3. The Bertz CT molecular complexity index is 956. The molecular formula is C25H31N5. The van der Waals surface area contributed by atoms with Gasteiger partial charge >= 0.3 is 0 Å². The molecule has 5 heteroatoms. The number of aromatic nitrogens is 1. The fraction of sp³-hybridized carbons (Fsp3) is 0.360. The second kappa shape index (κ2) is 10.2. The van der Waals surface area contributed by atoms with Crippen LogP contribution in [0.25, 0.3) is 10.9 Å². The van der Waals surface area contributed by atoms with E-state index in [0.29, 0.717) is 12.6 Å². The first kappa shape index (κ1) is 20.4. The minimum absolute atomic E-state index is 0.462. The smallest absolute Gasteiger partial charge is 0.191 e. The van der Waals surface area contributed by atoms with Gasteiger partial charge in [-0.25, -0.2) is 4.99 Å². The molecule has 1 aliphatic rings. The van der Waals surface area contributed by atoms with Crippen LogP contribution in [0, 0.1) is 0 Å². The summed E-state index contributed by atoms with van der Waals surface area (Å²) in [4.78, 5) is 11.9. The molecule has 1 aliphatic heterocycles. The predicted octanol–water partition coefficient (Wildman–Crippen LogP) is 3.95. The minimum Gasteiger partial charge on any atom is -0.357 e. The number of nitrogens with one attached hydrogen (secondary N) is 2. The first-order valence-electron chi connectivity index (χ1n) is 11.0. The Balaban J connectivity index is 1.34. The number of fused-ring (bicyclic) bond motifs is 1. The minimum atomic E-state index is 0.462. The van der Waals surface area contributed by atoms with E-state index in [-0.39, 0.29) is 0 Å². The van der Waals surface area contributed by atoms with Crippen molar-refractivity contribution in [1.82, 2.24) is 20.5 Å². The van der Waals surface area contributed by atoms with E-state index in [1.165, 1.54) is 16.5 Å². The summed E-state index contributed by atoms with van der Waals surface area (Å²) in [6.07, 6.45) is 4.14. The average molecular weight is 402 g/mol. The van der Waals surface area contributed by atoms with E-state index in [4.69, 9.17) is 4.99 Å². The molecule has 2 heterocycles. The van der Waals surface area contributed by atoms with E-state index < -0.39 is 0 Å². The van der Waals surface area contributed by atoms with Crippen LogP contribution < -0.4 is 10.6 Å². The van der Waals surface area contributed by atoms with Crippen molar-refractivity contribution in [2.75, 3.05) is 19.6 Å². The SMILES string of the molecule is CCNC(=NCc1ccnc2ccccc12)NC1CCN(Cc2ccccc2)CC1. The third-order valence-corrected chi connectivity index (χ3v) is 5.67. The fourth-order valence-corrected chi connectivity index (χ4v) is 4.05. The van der Waals surface area contributed by atoms with E-state index in [0.717, 1.165) is 50.5 Å². The molecule has 4 rings (SSSR count). The third-order valence-electron chi connectivity index (χ3n) is 5.67. The van der Waals surface area contributed by atoms with E-state index in [9.17, 15) is 0 Å². The topological polar surface area (TPSA) is 52.6 Å². The summed E-state index contributed by atoms with van der Waals surface area (Å²) >= 11 is 0. The quantitative estimate of drug-likeness (QED) is 0.485. The molecule has 0 amide bonds. The Morgan fingerprint density at radius 2 is 1.80 bits per heavy atom. The average Bonchev–Trinajstić information content (AvgIpc) is 2.79. The Morgan fingerprint density at radius 3 is 2.60 bits per heavy atom. The van der Waals surface area contributed by atoms with Crippen molar-refractivity contribution in [1.29, 1.82) is 0 Å². The number of para-hydroxylation sites is 1. The molecule has 156 valence electrons. The second-order valence-electron chi connectivity index (χ2n) is 7.86. The molecule has 0 unspecified atom stereocenters. The largest absolute Gasteiger partial charge is 0.357 e. The van der Waals surface area contributed by atoms with Gasteiger partial charge in [0.25, 0.3) is 0 Å². The maximum Gasteiger partial charge on any atom is 0.191 e. The van der Waals surface area contributed by atoms with Gasteiger partial charge in [0.05, 0.1) is 12.1 Å². The maximum absolute atomic E-state index is 4.87. The van der Waals surface area contributed by atoms with Gasteiger partial charge < -0.3 is 10.6 Å². The lowest BCUT2D eigenvalue weighted by Crippen LogP contribution is -2.48. The van der Waals surface area contributed by atoms with E-state index in [2.05, 4.69) is 82.0 Å². The molecule has 2 N–H and O–H groups in total. The summed E-state index contributed by atoms with van der Waals surface area (Å²) in [6.45, 7) is 6.88. The number of pyridine rings is 1. The molecule has 0 atom stereocenters. The molecule has 0 aliphatic carbocycles. The zero-order valence-corrected chi connectivity index (χ0v) is 17.7. The van der Waals surface area contributed by atoms with Crippen LogP contribution in [0.5, 0.6) is 0 Å². The predicted molar refractivity (Wildman–Crippen MR) is 124 cm³/mol. The number of aliphatic imine (C=N–C) groups is 1. The summed E-state index contributed by atoms with van der Waals surface area (Å²) in [5.41, 5.74) is 3.62. The molecule has 0 spiro atoms. The Morgan fingerprint density at radius 1 is 1.03 bits per heavy atom. The molecule has 1 saturated heterocycles. The number of guanidine groups is 1. The standard InChI is InChI=1S/C25H31N5/c1-2-26-25(28-18-21-12-15-27-24-11-7-6-10-23(21)24)29-22-13-16-30(17-14-22)19-20-8-4-3-5-9-20/h3-12,15,22H,2,13-14,16-19H2,1H3,(H2,26,28,29). The van der Waals surface area contributed by atoms with Gasteiger partial charge in [0.1, 0.15) is 0 Å². The zero-order valence-electron chi connectivity index (χ0n) is 17.7. The highest BCUT2D eigenvalue weighted by Gasteiger charge is 2.20. The van der Waals surface area contributed by atoms with Crippen molar-refractivity contribution in [3.63, 3.8) is 0 Å². The second-order valence-corrected chi connectivity index (χ2v) is 7.86. The van der Waals surface area contributed by atoms with Gasteiger partial charge in [-0.05, 0) is 43.0 Å². The van der Waals surface area contributed by atoms with Crippen LogP contribution in [0.2, 0.25) is 0 Å². The normalized spacial score (nSPS) is 16.0. The lowest BCUT2D eigenvalue weighted by atomic mass is 10.0. The first-order chi connectivity index (χ1) is 14.8. The number of likely N-dealkylation sites (tertiary alicyclic amines) is 1. The van der Waals surface area contributed by atoms with Crippen molar-refractivity contribution >= 4 is 16.9 Å². The van der Waals surface area contributed by atoms with Gasteiger partial charge in [0, 0.05) is 43.8 Å². The Labute approximate surface area is 179 Å². The highest BCUT2D eigenvalue weighted by Crippen LogP contribution is 2.17. The summed E-state index contributed by atoms with van der Waals surface area (Å²) in [6, 6.07) is 21.5. The van der Waals surface area contributed by atoms with Crippen LogP contribution in [0.4, 0.5) is 0 Å². The third kappa shape index (κ3) is 5.36. The lowest BCUT2D eigenvalue weighted by molar-refractivity contribution is 0.198.